The number of aliphatic hydroxyl groups is 1. The Morgan fingerprint density at radius 2 is 1.55 bits per heavy atom. The van der Waals surface area contributed by atoms with Crippen molar-refractivity contribution in [2.24, 2.45) is 50.2 Å². The highest BCUT2D eigenvalue weighted by atomic mass is 16.4. The summed E-state index contributed by atoms with van der Waals surface area (Å²) in [6.07, 6.45) is 12.6. The summed E-state index contributed by atoms with van der Waals surface area (Å²) in [6, 6.07) is 0. The van der Waals surface area contributed by atoms with Crippen molar-refractivity contribution in [3.8, 4) is 0 Å². The summed E-state index contributed by atoms with van der Waals surface area (Å²) in [4.78, 5) is 12.8. The first-order valence-electron chi connectivity index (χ1n) is 13.8. The van der Waals surface area contributed by atoms with Gasteiger partial charge in [-0.25, -0.2) is 0 Å². The van der Waals surface area contributed by atoms with Crippen molar-refractivity contribution in [3.63, 3.8) is 0 Å². The minimum atomic E-state index is -0.553. The molecule has 0 radical (unpaired) electrons. The van der Waals surface area contributed by atoms with Gasteiger partial charge in [0.25, 0.3) is 0 Å². The van der Waals surface area contributed by atoms with Gasteiger partial charge in [0.2, 0.25) is 0 Å². The van der Waals surface area contributed by atoms with Crippen LogP contribution in [0.1, 0.15) is 113 Å². The Labute approximate surface area is 201 Å². The number of rotatable bonds is 1. The van der Waals surface area contributed by atoms with E-state index in [1.54, 1.807) is 0 Å². The van der Waals surface area contributed by atoms with Gasteiger partial charge >= 0.3 is 5.97 Å². The molecule has 5 rings (SSSR count). The zero-order chi connectivity index (χ0) is 24.2. The summed E-state index contributed by atoms with van der Waals surface area (Å²) in [7, 11) is 0. The maximum atomic E-state index is 12.8. The fraction of sp³-hybridized carbons (Fsp3) is 0.900. The third-order valence-electron chi connectivity index (χ3n) is 13.0. The fourth-order valence-corrected chi connectivity index (χ4v) is 10.6. The van der Waals surface area contributed by atoms with E-state index in [1.165, 1.54) is 18.4 Å². The monoisotopic (exact) mass is 456 g/mol. The molecule has 0 spiro atoms. The summed E-state index contributed by atoms with van der Waals surface area (Å²) >= 11 is 0. The number of carboxylic acid groups (broad SMARTS) is 1. The van der Waals surface area contributed by atoms with E-state index in [-0.39, 0.29) is 39.1 Å². The predicted molar refractivity (Wildman–Crippen MR) is 133 cm³/mol. The highest BCUT2D eigenvalue weighted by Crippen LogP contribution is 2.75. The summed E-state index contributed by atoms with van der Waals surface area (Å²) in [5.41, 5.74) is 1.68. The van der Waals surface area contributed by atoms with Crippen LogP contribution in [0.25, 0.3) is 0 Å². The van der Waals surface area contributed by atoms with E-state index in [0.717, 1.165) is 51.4 Å². The van der Waals surface area contributed by atoms with E-state index >= 15 is 0 Å². The van der Waals surface area contributed by atoms with Gasteiger partial charge in [-0.2, -0.15) is 0 Å². The SMILES string of the molecule is CC1(C)CC[C@]2(C(=O)O)CC[C@@]3(C)C(=CC[C@@H]4[C@@]5(C)CC[C@H](O)C(C)(C)[C@@H]5CC[C@]43C)[C@@H]2C1. The number of carbonyl (C=O) groups is 1. The maximum absolute atomic E-state index is 12.8. The Morgan fingerprint density at radius 1 is 0.879 bits per heavy atom. The molecule has 2 N–H and O–H groups in total. The highest BCUT2D eigenvalue weighted by molar-refractivity contribution is 5.76. The van der Waals surface area contributed by atoms with E-state index in [1.807, 2.05) is 0 Å². The lowest BCUT2D eigenvalue weighted by molar-refractivity contribution is -0.205. The second kappa shape index (κ2) is 6.89. The van der Waals surface area contributed by atoms with E-state index in [4.69, 9.17) is 0 Å². The van der Waals surface area contributed by atoms with Crippen LogP contribution >= 0.6 is 0 Å². The Kier molecular flexibility index (Phi) is 4.99. The molecule has 4 saturated carbocycles. The van der Waals surface area contributed by atoms with Crippen molar-refractivity contribution in [3.05, 3.63) is 11.6 Å². The standard InChI is InChI=1S/C30H48O3/c1-25(2)14-16-30(24(32)33)17-15-28(6)19(20(30)18-25)8-9-22-27(5)12-11-23(31)26(3,4)21(27)10-13-29(22,28)7/h8,20-23,31H,9-18H2,1-7H3,(H,32,33)/t20-,21-,22+,23-,27-,28-,29+,30-/m0/s1. The number of hydrogen-bond donors (Lipinski definition) is 2. The van der Waals surface area contributed by atoms with Crippen LogP contribution in [0.3, 0.4) is 0 Å². The van der Waals surface area contributed by atoms with E-state index < -0.39 is 11.4 Å². The number of aliphatic hydroxyl groups excluding tert-OH is 1. The van der Waals surface area contributed by atoms with Crippen LogP contribution in [-0.2, 0) is 4.79 Å². The quantitative estimate of drug-likeness (QED) is 0.409. The van der Waals surface area contributed by atoms with Gasteiger partial charge < -0.3 is 10.2 Å². The van der Waals surface area contributed by atoms with Crippen molar-refractivity contribution >= 4 is 5.97 Å². The molecule has 0 unspecified atom stereocenters. The lowest BCUT2D eigenvalue weighted by atomic mass is 9.33. The molecule has 8 atom stereocenters. The molecule has 0 aliphatic heterocycles. The first-order chi connectivity index (χ1) is 15.1. The normalized spacial score (nSPS) is 52.4. The number of aliphatic carboxylic acids is 1. The molecule has 5 aliphatic carbocycles. The van der Waals surface area contributed by atoms with E-state index in [0.29, 0.717) is 11.8 Å². The predicted octanol–water partition coefficient (Wildman–Crippen LogP) is 7.23. The van der Waals surface area contributed by atoms with Crippen LogP contribution in [-0.4, -0.2) is 22.3 Å². The zero-order valence-corrected chi connectivity index (χ0v) is 22.3. The van der Waals surface area contributed by atoms with Gasteiger partial charge in [0.05, 0.1) is 11.5 Å². The van der Waals surface area contributed by atoms with Gasteiger partial charge in [0, 0.05) is 0 Å². The summed E-state index contributed by atoms with van der Waals surface area (Å²) in [5.74, 6) is 0.807. The van der Waals surface area contributed by atoms with Gasteiger partial charge in [0.1, 0.15) is 0 Å². The molecule has 0 heterocycles. The maximum Gasteiger partial charge on any atom is 0.310 e. The third kappa shape index (κ3) is 2.87. The molecule has 0 saturated heterocycles. The zero-order valence-electron chi connectivity index (χ0n) is 22.3. The lowest BCUT2D eigenvalue weighted by Crippen LogP contribution is -2.65. The molecular formula is C30H48O3. The van der Waals surface area contributed by atoms with Crippen molar-refractivity contribution in [1.82, 2.24) is 0 Å². The van der Waals surface area contributed by atoms with Gasteiger partial charge in [-0.1, -0.05) is 60.1 Å². The van der Waals surface area contributed by atoms with Crippen molar-refractivity contribution in [2.75, 3.05) is 0 Å². The minimum Gasteiger partial charge on any atom is -0.481 e. The van der Waals surface area contributed by atoms with Crippen LogP contribution in [0.4, 0.5) is 0 Å². The number of allylic oxidation sites excluding steroid dienone is 2. The van der Waals surface area contributed by atoms with Crippen LogP contribution in [0.2, 0.25) is 0 Å². The van der Waals surface area contributed by atoms with E-state index in [2.05, 4.69) is 54.5 Å². The third-order valence-corrected chi connectivity index (χ3v) is 13.0. The van der Waals surface area contributed by atoms with Crippen LogP contribution in [0.5, 0.6) is 0 Å². The summed E-state index contributed by atoms with van der Waals surface area (Å²) in [5, 5.41) is 21.4. The van der Waals surface area contributed by atoms with Gasteiger partial charge in [-0.05, 0) is 109 Å². The number of hydrogen-bond acceptors (Lipinski definition) is 2. The molecule has 0 aromatic rings. The average molecular weight is 457 g/mol. The first-order valence-corrected chi connectivity index (χ1v) is 13.8. The Morgan fingerprint density at radius 3 is 2.21 bits per heavy atom. The molecule has 0 amide bonds. The Hall–Kier alpha value is -0.830. The van der Waals surface area contributed by atoms with Crippen molar-refractivity contribution < 1.29 is 15.0 Å². The molecule has 3 heteroatoms. The molecule has 0 bridgehead atoms. The number of carboxylic acids is 1. The molecule has 0 aromatic heterocycles. The topological polar surface area (TPSA) is 57.5 Å². The fourth-order valence-electron chi connectivity index (χ4n) is 10.6. The average Bonchev–Trinajstić information content (AvgIpc) is 2.71. The Bertz CT molecular complexity index is 885. The molecule has 3 nitrogen and oxygen atoms in total. The molecule has 5 aliphatic rings. The number of fused-ring (bicyclic) bond motifs is 7. The molecular weight excluding hydrogens is 408 g/mol. The van der Waals surface area contributed by atoms with Crippen LogP contribution in [0.15, 0.2) is 11.6 Å². The van der Waals surface area contributed by atoms with Gasteiger partial charge in [0.15, 0.2) is 0 Å². The van der Waals surface area contributed by atoms with Crippen molar-refractivity contribution in [1.29, 1.82) is 0 Å². The summed E-state index contributed by atoms with van der Waals surface area (Å²) < 4.78 is 0. The van der Waals surface area contributed by atoms with Crippen molar-refractivity contribution in [2.45, 2.75) is 119 Å². The molecule has 4 fully saturated rings. The largest absolute Gasteiger partial charge is 0.481 e. The second-order valence-corrected chi connectivity index (χ2v) is 15.1. The highest BCUT2D eigenvalue weighted by Gasteiger charge is 2.69. The second-order valence-electron chi connectivity index (χ2n) is 15.1. The first kappa shape index (κ1) is 23.9. The van der Waals surface area contributed by atoms with Gasteiger partial charge in [-0.3, -0.25) is 4.79 Å². The van der Waals surface area contributed by atoms with Crippen LogP contribution in [0, 0.1) is 50.2 Å². The van der Waals surface area contributed by atoms with Gasteiger partial charge in [-0.15, -0.1) is 0 Å². The minimum absolute atomic E-state index is 0.0301. The molecule has 0 aromatic carbocycles. The smallest absolute Gasteiger partial charge is 0.310 e. The molecule has 33 heavy (non-hydrogen) atoms. The molecule has 186 valence electrons. The lowest BCUT2D eigenvalue weighted by Gasteiger charge is -2.71. The summed E-state index contributed by atoms with van der Waals surface area (Å²) in [6.45, 7) is 16.9. The van der Waals surface area contributed by atoms with E-state index in [9.17, 15) is 15.0 Å². The Balaban J connectivity index is 1.60. The van der Waals surface area contributed by atoms with Crippen LogP contribution < -0.4 is 0 Å².